The van der Waals surface area contributed by atoms with E-state index in [9.17, 15) is 19.5 Å². The summed E-state index contributed by atoms with van der Waals surface area (Å²) >= 11 is 0. The molecule has 0 saturated heterocycles. The van der Waals surface area contributed by atoms with Crippen LogP contribution in [0.4, 0.5) is 4.79 Å². The number of primary amides is 1. The van der Waals surface area contributed by atoms with Crippen molar-refractivity contribution < 1.29 is 33.7 Å². The van der Waals surface area contributed by atoms with Crippen molar-refractivity contribution in [1.29, 1.82) is 0 Å². The van der Waals surface area contributed by atoms with Gasteiger partial charge in [-0.3, -0.25) is 9.59 Å². The zero-order valence-electron chi connectivity index (χ0n) is 26.7. The number of aliphatic hydroxyl groups is 1. The minimum atomic E-state index is -0.888. The van der Waals surface area contributed by atoms with Crippen LogP contribution >= 0.6 is 0 Å². The highest BCUT2D eigenvalue weighted by Gasteiger charge is 2.32. The standard InChI is InChI=1S/C32H55N3O7/c1-22(2)25(17-16-24(36)21-23(3)13-10-11-18-34-31(39)42-32(4,5)6)28(29(33)37)35-30(38)26-14-8-9-15-27(26)41-20-12-19-40-7/h8-9,14-15,22-25,28,36H,10-13,16-21H2,1-7H3,(H2,33,37)(H,34,39)(H,35,38). The molecule has 0 aromatic heterocycles. The van der Waals surface area contributed by atoms with E-state index in [1.165, 1.54) is 0 Å². The molecule has 5 N–H and O–H groups in total. The van der Waals surface area contributed by atoms with Gasteiger partial charge in [-0.2, -0.15) is 0 Å². The number of methoxy groups -OCH3 is 1. The number of hydrogen-bond donors (Lipinski definition) is 4. The molecule has 0 aliphatic rings. The van der Waals surface area contributed by atoms with Gasteiger partial charge in [0.05, 0.1) is 18.3 Å². The van der Waals surface area contributed by atoms with Gasteiger partial charge in [0.25, 0.3) is 5.91 Å². The molecule has 4 unspecified atom stereocenters. The maximum absolute atomic E-state index is 13.2. The lowest BCUT2D eigenvalue weighted by Crippen LogP contribution is -2.50. The molecule has 10 heteroatoms. The summed E-state index contributed by atoms with van der Waals surface area (Å²) in [4.78, 5) is 37.5. The molecule has 0 bridgehead atoms. The quantitative estimate of drug-likeness (QED) is 0.158. The summed E-state index contributed by atoms with van der Waals surface area (Å²) in [6.07, 6.45) is 4.07. The lowest BCUT2D eigenvalue weighted by Gasteiger charge is -2.30. The number of carbonyl (C=O) groups is 3. The van der Waals surface area contributed by atoms with Gasteiger partial charge < -0.3 is 35.7 Å². The van der Waals surface area contributed by atoms with Crippen molar-refractivity contribution >= 4 is 17.9 Å². The van der Waals surface area contributed by atoms with Crippen molar-refractivity contribution in [3.05, 3.63) is 29.8 Å². The van der Waals surface area contributed by atoms with E-state index >= 15 is 0 Å². The maximum Gasteiger partial charge on any atom is 0.407 e. The SMILES string of the molecule is COCCCOc1ccccc1C(=O)NC(C(N)=O)C(CCC(O)CC(C)CCCCNC(=O)OC(C)(C)C)C(C)C. The van der Waals surface area contributed by atoms with Gasteiger partial charge in [-0.25, -0.2) is 4.79 Å². The van der Waals surface area contributed by atoms with E-state index in [1.54, 1.807) is 31.4 Å². The number of nitrogens with one attached hydrogen (secondary N) is 2. The molecule has 1 aromatic carbocycles. The first-order valence-electron chi connectivity index (χ1n) is 15.2. The molecule has 10 nitrogen and oxygen atoms in total. The molecule has 4 atom stereocenters. The summed E-state index contributed by atoms with van der Waals surface area (Å²) < 4.78 is 16.1. The molecular formula is C32H55N3O7. The van der Waals surface area contributed by atoms with E-state index in [2.05, 4.69) is 17.6 Å². The highest BCUT2D eigenvalue weighted by molar-refractivity contribution is 5.99. The first kappa shape index (κ1) is 37.2. The van der Waals surface area contributed by atoms with Crippen LogP contribution in [0.25, 0.3) is 0 Å². The average molecular weight is 594 g/mol. The highest BCUT2D eigenvalue weighted by atomic mass is 16.6. The van der Waals surface area contributed by atoms with E-state index < -0.39 is 35.7 Å². The minimum absolute atomic E-state index is 0.0467. The van der Waals surface area contributed by atoms with Gasteiger partial charge in [0.15, 0.2) is 0 Å². The first-order valence-corrected chi connectivity index (χ1v) is 15.2. The van der Waals surface area contributed by atoms with Crippen LogP contribution in [0.1, 0.15) is 96.8 Å². The zero-order valence-corrected chi connectivity index (χ0v) is 26.7. The Hall–Kier alpha value is -2.85. The molecule has 1 aromatic rings. The monoisotopic (exact) mass is 593 g/mol. The van der Waals surface area contributed by atoms with Crippen LogP contribution in [-0.4, -0.2) is 67.6 Å². The van der Waals surface area contributed by atoms with Crippen molar-refractivity contribution in [1.82, 2.24) is 10.6 Å². The van der Waals surface area contributed by atoms with Crippen LogP contribution in [0.2, 0.25) is 0 Å². The largest absolute Gasteiger partial charge is 0.493 e. The van der Waals surface area contributed by atoms with Crippen LogP contribution < -0.4 is 21.1 Å². The molecule has 0 aliphatic carbocycles. The Morgan fingerprint density at radius 3 is 2.29 bits per heavy atom. The van der Waals surface area contributed by atoms with E-state index in [4.69, 9.17) is 19.9 Å². The molecule has 0 heterocycles. The second kappa shape index (κ2) is 19.4. The third kappa shape index (κ3) is 15.4. The predicted molar refractivity (Wildman–Crippen MR) is 164 cm³/mol. The fraction of sp³-hybridized carbons (Fsp3) is 0.719. The number of ether oxygens (including phenoxy) is 3. The lowest BCUT2D eigenvalue weighted by molar-refractivity contribution is -0.121. The molecule has 0 spiro atoms. The summed E-state index contributed by atoms with van der Waals surface area (Å²) in [5, 5.41) is 16.4. The van der Waals surface area contributed by atoms with Crippen molar-refractivity contribution in [2.75, 3.05) is 26.9 Å². The number of nitrogens with two attached hydrogens (primary N) is 1. The van der Waals surface area contributed by atoms with Crippen LogP contribution in [0.15, 0.2) is 24.3 Å². The van der Waals surface area contributed by atoms with Crippen molar-refractivity contribution in [3.8, 4) is 5.75 Å². The highest BCUT2D eigenvalue weighted by Crippen LogP contribution is 2.26. The van der Waals surface area contributed by atoms with Gasteiger partial charge in [-0.1, -0.05) is 45.7 Å². The Morgan fingerprint density at radius 2 is 1.67 bits per heavy atom. The zero-order chi connectivity index (χ0) is 31.7. The number of amides is 3. The third-order valence-electron chi connectivity index (χ3n) is 7.06. The molecule has 240 valence electrons. The van der Waals surface area contributed by atoms with Gasteiger partial charge in [-0.05, 0) is 76.3 Å². The topological polar surface area (TPSA) is 149 Å². The molecule has 0 saturated carbocycles. The van der Waals surface area contributed by atoms with Crippen LogP contribution in [0, 0.1) is 17.8 Å². The predicted octanol–water partition coefficient (Wildman–Crippen LogP) is 4.82. The lowest BCUT2D eigenvalue weighted by atomic mass is 9.82. The second-order valence-electron chi connectivity index (χ2n) is 12.4. The summed E-state index contributed by atoms with van der Waals surface area (Å²) in [5.41, 5.74) is 5.59. The maximum atomic E-state index is 13.2. The number of aliphatic hydroxyl groups excluding tert-OH is 1. The van der Waals surface area contributed by atoms with Gasteiger partial charge in [-0.15, -0.1) is 0 Å². The summed E-state index contributed by atoms with van der Waals surface area (Å²) in [5.74, 6) is -0.507. The summed E-state index contributed by atoms with van der Waals surface area (Å²) in [7, 11) is 1.62. The van der Waals surface area contributed by atoms with Crippen LogP contribution in [0.5, 0.6) is 5.75 Å². The number of benzene rings is 1. The Morgan fingerprint density at radius 1 is 0.976 bits per heavy atom. The van der Waals surface area contributed by atoms with Crippen molar-refractivity contribution in [2.45, 2.75) is 104 Å². The van der Waals surface area contributed by atoms with Gasteiger partial charge in [0, 0.05) is 26.7 Å². The van der Waals surface area contributed by atoms with Gasteiger partial charge >= 0.3 is 6.09 Å². The Balaban J connectivity index is 2.62. The van der Waals surface area contributed by atoms with Crippen LogP contribution in [0.3, 0.4) is 0 Å². The average Bonchev–Trinajstić information content (AvgIpc) is 2.89. The number of unbranched alkanes of at least 4 members (excludes halogenated alkanes) is 1. The number of rotatable bonds is 20. The van der Waals surface area contributed by atoms with Crippen molar-refractivity contribution in [3.63, 3.8) is 0 Å². The third-order valence-corrected chi connectivity index (χ3v) is 7.06. The molecular weight excluding hydrogens is 538 g/mol. The molecule has 0 aliphatic heterocycles. The van der Waals surface area contributed by atoms with E-state index in [-0.39, 0.29) is 11.8 Å². The van der Waals surface area contributed by atoms with E-state index in [0.717, 1.165) is 19.3 Å². The normalized spacial score (nSPS) is 14.5. The van der Waals surface area contributed by atoms with E-state index in [1.807, 2.05) is 34.6 Å². The van der Waals surface area contributed by atoms with Crippen LogP contribution in [-0.2, 0) is 14.3 Å². The van der Waals surface area contributed by atoms with Gasteiger partial charge in [0.2, 0.25) is 5.91 Å². The van der Waals surface area contributed by atoms with E-state index in [0.29, 0.717) is 62.7 Å². The smallest absolute Gasteiger partial charge is 0.407 e. The molecule has 1 rings (SSSR count). The molecule has 42 heavy (non-hydrogen) atoms. The molecule has 0 radical (unpaired) electrons. The minimum Gasteiger partial charge on any atom is -0.493 e. The number of alkyl carbamates (subject to hydrolysis) is 1. The Labute approximate surface area is 252 Å². The second-order valence-corrected chi connectivity index (χ2v) is 12.4. The molecule has 3 amide bonds. The number of carbonyl (C=O) groups excluding carboxylic acids is 3. The fourth-order valence-corrected chi connectivity index (χ4v) is 4.87. The van der Waals surface area contributed by atoms with Gasteiger partial charge in [0.1, 0.15) is 17.4 Å². The first-order chi connectivity index (χ1) is 19.7. The molecule has 0 fully saturated rings. The summed E-state index contributed by atoms with van der Waals surface area (Å²) in [6.45, 7) is 13.1. The fourth-order valence-electron chi connectivity index (χ4n) is 4.87. The summed E-state index contributed by atoms with van der Waals surface area (Å²) in [6, 6.07) is 6.01. The number of para-hydroxylation sites is 1. The Kier molecular flexibility index (Phi) is 17.1. The van der Waals surface area contributed by atoms with Crippen molar-refractivity contribution in [2.24, 2.45) is 23.5 Å². The Bertz CT molecular complexity index is 948. The number of hydrogen-bond acceptors (Lipinski definition) is 7.